The summed E-state index contributed by atoms with van der Waals surface area (Å²) in [6.07, 6.45) is 1.85. The van der Waals surface area contributed by atoms with Crippen molar-refractivity contribution in [3.8, 4) is 5.75 Å². The van der Waals surface area contributed by atoms with Crippen LogP contribution in [0, 0.1) is 0 Å². The third-order valence-corrected chi connectivity index (χ3v) is 5.04. The molecule has 0 saturated carbocycles. The molecule has 0 spiro atoms. The Morgan fingerprint density at radius 2 is 1.72 bits per heavy atom. The molecule has 3 N–H and O–H groups in total. The standard InChI is InChI=1S/C23H31N3O3/c1-5-9-21(18-10-7-6-8-11-18)25-23(28)17(2)26(3)16-22(27)24-19-12-14-20(29-4)15-13-19/h6-8,10-15,17,21H,5,9,16H2,1-4H3,(H,24,27)(H,25,28)/p+1/t17-,21+/m1/s1. The number of hydrogen-bond donors (Lipinski definition) is 3. The van der Waals surface area contributed by atoms with Gasteiger partial charge in [0.2, 0.25) is 0 Å². The number of likely N-dealkylation sites (N-methyl/N-ethyl adjacent to an activating group) is 1. The average Bonchev–Trinajstić information content (AvgIpc) is 2.73. The number of ether oxygens (including phenoxy) is 1. The quantitative estimate of drug-likeness (QED) is 0.575. The highest BCUT2D eigenvalue weighted by Crippen LogP contribution is 2.18. The Balaban J connectivity index is 1.90. The first-order chi connectivity index (χ1) is 13.9. The third-order valence-electron chi connectivity index (χ3n) is 5.04. The summed E-state index contributed by atoms with van der Waals surface area (Å²) in [4.78, 5) is 26.0. The monoisotopic (exact) mass is 398 g/mol. The summed E-state index contributed by atoms with van der Waals surface area (Å²) < 4.78 is 5.12. The van der Waals surface area contributed by atoms with Crippen molar-refractivity contribution in [3.05, 3.63) is 60.2 Å². The molecule has 0 fully saturated rings. The highest BCUT2D eigenvalue weighted by Gasteiger charge is 2.26. The van der Waals surface area contributed by atoms with E-state index in [1.165, 1.54) is 0 Å². The fourth-order valence-corrected chi connectivity index (χ4v) is 3.10. The summed E-state index contributed by atoms with van der Waals surface area (Å²) in [5.74, 6) is 0.540. The molecule has 0 aliphatic heterocycles. The van der Waals surface area contributed by atoms with Crippen LogP contribution >= 0.6 is 0 Å². The first-order valence-electron chi connectivity index (χ1n) is 10.1. The molecule has 6 heteroatoms. The minimum atomic E-state index is -0.348. The van der Waals surface area contributed by atoms with Gasteiger partial charge >= 0.3 is 0 Å². The van der Waals surface area contributed by atoms with E-state index in [4.69, 9.17) is 4.74 Å². The van der Waals surface area contributed by atoms with Crippen molar-refractivity contribution >= 4 is 17.5 Å². The number of hydrogen-bond acceptors (Lipinski definition) is 3. The molecular formula is C23H32N3O3+. The van der Waals surface area contributed by atoms with Crippen LogP contribution in [0.1, 0.15) is 38.3 Å². The molecule has 0 aliphatic carbocycles. The van der Waals surface area contributed by atoms with Crippen molar-refractivity contribution in [2.24, 2.45) is 0 Å². The second-order valence-corrected chi connectivity index (χ2v) is 7.28. The van der Waals surface area contributed by atoms with Crippen LogP contribution in [0.15, 0.2) is 54.6 Å². The Bertz CT molecular complexity index is 778. The van der Waals surface area contributed by atoms with Gasteiger partial charge in [0.1, 0.15) is 5.75 Å². The largest absolute Gasteiger partial charge is 0.497 e. The molecule has 0 aromatic heterocycles. The molecule has 0 heterocycles. The van der Waals surface area contributed by atoms with Crippen LogP contribution in [-0.2, 0) is 9.59 Å². The van der Waals surface area contributed by atoms with Crippen LogP contribution in [0.25, 0.3) is 0 Å². The van der Waals surface area contributed by atoms with Gasteiger partial charge in [0.25, 0.3) is 11.8 Å². The lowest BCUT2D eigenvalue weighted by atomic mass is 10.0. The predicted molar refractivity (Wildman–Crippen MR) is 115 cm³/mol. The van der Waals surface area contributed by atoms with E-state index in [9.17, 15) is 9.59 Å². The molecule has 2 rings (SSSR count). The van der Waals surface area contributed by atoms with Crippen LogP contribution in [0.2, 0.25) is 0 Å². The summed E-state index contributed by atoms with van der Waals surface area (Å²) in [5, 5.41) is 6.00. The topological polar surface area (TPSA) is 71.9 Å². The fraction of sp³-hybridized carbons (Fsp3) is 0.391. The Morgan fingerprint density at radius 1 is 1.07 bits per heavy atom. The lowest BCUT2D eigenvalue weighted by Gasteiger charge is -2.24. The smallest absolute Gasteiger partial charge is 0.279 e. The van der Waals surface area contributed by atoms with E-state index in [0.29, 0.717) is 5.69 Å². The van der Waals surface area contributed by atoms with Crippen LogP contribution < -0.4 is 20.3 Å². The molecule has 2 aromatic rings. The lowest BCUT2D eigenvalue weighted by molar-refractivity contribution is -0.885. The molecular weight excluding hydrogens is 366 g/mol. The summed E-state index contributed by atoms with van der Waals surface area (Å²) in [7, 11) is 3.45. The normalized spacial score (nSPS) is 13.8. The van der Waals surface area contributed by atoms with Gasteiger partial charge in [0, 0.05) is 5.69 Å². The Kier molecular flexibility index (Phi) is 8.68. The number of nitrogens with one attached hydrogen (secondary N) is 3. The fourth-order valence-electron chi connectivity index (χ4n) is 3.10. The van der Waals surface area contributed by atoms with Gasteiger partial charge in [-0.1, -0.05) is 43.7 Å². The van der Waals surface area contributed by atoms with Gasteiger partial charge < -0.3 is 20.3 Å². The minimum Gasteiger partial charge on any atom is -0.497 e. The van der Waals surface area contributed by atoms with Gasteiger partial charge in [-0.3, -0.25) is 9.59 Å². The number of quaternary nitrogens is 1. The molecule has 0 saturated heterocycles. The maximum absolute atomic E-state index is 12.8. The SMILES string of the molecule is CCC[C@H](NC(=O)[C@@H](C)[NH+](C)CC(=O)Nc1ccc(OC)cc1)c1ccccc1. The van der Waals surface area contributed by atoms with Crippen molar-refractivity contribution in [2.75, 3.05) is 26.0 Å². The number of anilines is 1. The predicted octanol–water partition coefficient (Wildman–Crippen LogP) is 2.19. The molecule has 3 atom stereocenters. The molecule has 0 radical (unpaired) electrons. The molecule has 1 unspecified atom stereocenters. The van der Waals surface area contributed by atoms with E-state index in [1.807, 2.05) is 44.3 Å². The number of amides is 2. The number of rotatable bonds is 10. The van der Waals surface area contributed by atoms with E-state index in [2.05, 4.69) is 17.6 Å². The van der Waals surface area contributed by atoms with Crippen LogP contribution in [0.5, 0.6) is 5.75 Å². The maximum atomic E-state index is 12.8. The van der Waals surface area contributed by atoms with Gasteiger partial charge in [-0.25, -0.2) is 0 Å². The first-order valence-corrected chi connectivity index (χ1v) is 10.1. The van der Waals surface area contributed by atoms with Crippen molar-refractivity contribution in [1.29, 1.82) is 0 Å². The van der Waals surface area contributed by atoms with Gasteiger partial charge in [-0.15, -0.1) is 0 Å². The van der Waals surface area contributed by atoms with E-state index >= 15 is 0 Å². The van der Waals surface area contributed by atoms with Gasteiger partial charge in [0.05, 0.1) is 20.2 Å². The maximum Gasteiger partial charge on any atom is 0.279 e. The summed E-state index contributed by atoms with van der Waals surface area (Å²) in [5.41, 5.74) is 1.80. The molecule has 0 aliphatic rings. The van der Waals surface area contributed by atoms with Crippen molar-refractivity contribution in [3.63, 3.8) is 0 Å². The van der Waals surface area contributed by atoms with Gasteiger partial charge in [-0.05, 0) is 43.2 Å². The molecule has 156 valence electrons. The second kappa shape index (κ2) is 11.2. The zero-order valence-corrected chi connectivity index (χ0v) is 17.7. The van der Waals surface area contributed by atoms with E-state index in [0.717, 1.165) is 29.1 Å². The average molecular weight is 399 g/mol. The molecule has 0 bridgehead atoms. The Labute approximate surface area is 173 Å². The molecule has 29 heavy (non-hydrogen) atoms. The van der Waals surface area contributed by atoms with E-state index in [1.54, 1.807) is 31.4 Å². The highest BCUT2D eigenvalue weighted by atomic mass is 16.5. The Hall–Kier alpha value is -2.86. The van der Waals surface area contributed by atoms with Crippen molar-refractivity contribution in [1.82, 2.24) is 5.32 Å². The van der Waals surface area contributed by atoms with Gasteiger partial charge in [0.15, 0.2) is 12.6 Å². The van der Waals surface area contributed by atoms with Crippen LogP contribution in [0.4, 0.5) is 5.69 Å². The van der Waals surface area contributed by atoms with Crippen molar-refractivity contribution < 1.29 is 19.2 Å². The molecule has 2 aromatic carbocycles. The second-order valence-electron chi connectivity index (χ2n) is 7.28. The summed E-state index contributed by atoms with van der Waals surface area (Å²) in [6.45, 7) is 4.15. The molecule has 6 nitrogen and oxygen atoms in total. The highest BCUT2D eigenvalue weighted by molar-refractivity contribution is 5.91. The lowest BCUT2D eigenvalue weighted by Crippen LogP contribution is -3.15. The Morgan fingerprint density at radius 3 is 2.31 bits per heavy atom. The van der Waals surface area contributed by atoms with Crippen LogP contribution in [0.3, 0.4) is 0 Å². The minimum absolute atomic E-state index is 0.0166. The number of carbonyl (C=O) groups excluding carboxylic acids is 2. The number of carbonyl (C=O) groups is 2. The van der Waals surface area contributed by atoms with Crippen molar-refractivity contribution in [2.45, 2.75) is 38.8 Å². The first kappa shape index (κ1) is 22.4. The van der Waals surface area contributed by atoms with Gasteiger partial charge in [-0.2, -0.15) is 0 Å². The summed E-state index contributed by atoms with van der Waals surface area (Å²) >= 11 is 0. The summed E-state index contributed by atoms with van der Waals surface area (Å²) in [6, 6.07) is 16.8. The third kappa shape index (κ3) is 6.91. The number of methoxy groups -OCH3 is 1. The van der Waals surface area contributed by atoms with E-state index < -0.39 is 0 Å². The zero-order chi connectivity index (χ0) is 21.2. The zero-order valence-electron chi connectivity index (χ0n) is 17.7. The van der Waals surface area contributed by atoms with E-state index in [-0.39, 0.29) is 30.4 Å². The number of benzene rings is 2. The van der Waals surface area contributed by atoms with Crippen LogP contribution in [-0.4, -0.2) is 38.6 Å². The molecule has 2 amide bonds.